The molecule has 0 spiro atoms. The van der Waals surface area contributed by atoms with E-state index < -0.39 is 5.97 Å². The smallest absolute Gasteiger partial charge is 0.303 e. The third kappa shape index (κ3) is 6.01. The van der Waals surface area contributed by atoms with Crippen LogP contribution in [0, 0.1) is 0 Å². The minimum absolute atomic E-state index is 0.109. The van der Waals surface area contributed by atoms with E-state index in [1.807, 2.05) is 12.1 Å². The third-order valence-corrected chi connectivity index (χ3v) is 2.80. The summed E-state index contributed by atoms with van der Waals surface area (Å²) < 4.78 is 0. The number of aliphatic carboxylic acids is 1. The van der Waals surface area contributed by atoms with Crippen LogP contribution in [0.4, 0.5) is 0 Å². The summed E-state index contributed by atoms with van der Waals surface area (Å²) in [5.74, 6) is -0.883. The van der Waals surface area contributed by atoms with Gasteiger partial charge in [0.15, 0.2) is 0 Å². The lowest BCUT2D eigenvalue weighted by atomic mass is 10.1. The van der Waals surface area contributed by atoms with Gasteiger partial charge < -0.3 is 16.2 Å². The molecular formula is C14H20N2O3. The molecule has 0 atom stereocenters. The van der Waals surface area contributed by atoms with Crippen molar-refractivity contribution < 1.29 is 14.7 Å². The molecule has 0 bridgehead atoms. The highest BCUT2D eigenvalue weighted by Gasteiger charge is 2.04. The Bertz CT molecular complexity index is 415. The van der Waals surface area contributed by atoms with Crippen molar-refractivity contribution >= 4 is 11.9 Å². The van der Waals surface area contributed by atoms with E-state index in [0.29, 0.717) is 25.1 Å². The van der Waals surface area contributed by atoms with Crippen molar-refractivity contribution in [3.8, 4) is 0 Å². The SMILES string of the molecule is NCc1ccc(C(=O)NCCCCCC(=O)O)cc1. The Morgan fingerprint density at radius 1 is 1.11 bits per heavy atom. The second-order valence-corrected chi connectivity index (χ2v) is 4.36. The molecule has 5 heteroatoms. The molecule has 0 radical (unpaired) electrons. The predicted octanol–water partition coefficient (Wildman–Crippen LogP) is 1.52. The second kappa shape index (κ2) is 8.26. The van der Waals surface area contributed by atoms with E-state index in [2.05, 4.69) is 5.32 Å². The fraction of sp³-hybridized carbons (Fsp3) is 0.429. The summed E-state index contributed by atoms with van der Waals surface area (Å²) in [6.07, 6.45) is 2.43. The molecule has 0 aliphatic rings. The molecule has 0 saturated carbocycles. The summed E-state index contributed by atoms with van der Waals surface area (Å²) in [5.41, 5.74) is 7.09. The molecule has 0 fully saturated rings. The fourth-order valence-electron chi connectivity index (χ4n) is 1.67. The number of benzene rings is 1. The van der Waals surface area contributed by atoms with Gasteiger partial charge in [-0.3, -0.25) is 9.59 Å². The van der Waals surface area contributed by atoms with Crippen LogP contribution >= 0.6 is 0 Å². The lowest BCUT2D eigenvalue weighted by Gasteiger charge is -2.05. The zero-order valence-corrected chi connectivity index (χ0v) is 10.9. The Hall–Kier alpha value is -1.88. The van der Waals surface area contributed by atoms with Crippen LogP contribution in [-0.2, 0) is 11.3 Å². The van der Waals surface area contributed by atoms with Gasteiger partial charge >= 0.3 is 5.97 Å². The van der Waals surface area contributed by atoms with Gasteiger partial charge in [0.1, 0.15) is 0 Å². The van der Waals surface area contributed by atoms with Crippen LogP contribution in [0.15, 0.2) is 24.3 Å². The van der Waals surface area contributed by atoms with Crippen LogP contribution in [0.2, 0.25) is 0 Å². The Balaban J connectivity index is 2.21. The van der Waals surface area contributed by atoms with Crippen molar-refractivity contribution in [1.29, 1.82) is 0 Å². The highest BCUT2D eigenvalue weighted by atomic mass is 16.4. The largest absolute Gasteiger partial charge is 0.481 e. The van der Waals surface area contributed by atoms with Gasteiger partial charge in [0.05, 0.1) is 0 Å². The number of rotatable bonds is 8. The molecule has 19 heavy (non-hydrogen) atoms. The first-order chi connectivity index (χ1) is 9.13. The van der Waals surface area contributed by atoms with Gasteiger partial charge in [0, 0.05) is 25.1 Å². The Morgan fingerprint density at radius 2 is 1.79 bits per heavy atom. The van der Waals surface area contributed by atoms with E-state index in [1.165, 1.54) is 0 Å². The quantitative estimate of drug-likeness (QED) is 0.621. The van der Waals surface area contributed by atoms with Crippen molar-refractivity contribution in [2.24, 2.45) is 5.73 Å². The zero-order valence-electron chi connectivity index (χ0n) is 10.9. The molecule has 104 valence electrons. The highest BCUT2D eigenvalue weighted by Crippen LogP contribution is 2.04. The third-order valence-electron chi connectivity index (χ3n) is 2.80. The molecular weight excluding hydrogens is 244 g/mol. The molecule has 0 unspecified atom stereocenters. The molecule has 0 aliphatic carbocycles. The summed E-state index contributed by atoms with van der Waals surface area (Å²) in [5, 5.41) is 11.3. The number of carboxylic acids is 1. The van der Waals surface area contributed by atoms with Crippen molar-refractivity contribution in [3.05, 3.63) is 35.4 Å². The minimum Gasteiger partial charge on any atom is -0.481 e. The highest BCUT2D eigenvalue weighted by molar-refractivity contribution is 5.94. The summed E-state index contributed by atoms with van der Waals surface area (Å²) in [7, 11) is 0. The number of nitrogens with two attached hydrogens (primary N) is 1. The standard InChI is InChI=1S/C14H20N2O3/c15-10-11-5-7-12(8-6-11)14(19)16-9-3-1-2-4-13(17)18/h5-8H,1-4,9-10,15H2,(H,16,19)(H,17,18). The normalized spacial score (nSPS) is 10.2. The van der Waals surface area contributed by atoms with Gasteiger partial charge in [-0.25, -0.2) is 0 Å². The average molecular weight is 264 g/mol. The molecule has 1 amide bonds. The average Bonchev–Trinajstić information content (AvgIpc) is 2.42. The fourth-order valence-corrected chi connectivity index (χ4v) is 1.67. The molecule has 0 heterocycles. The van der Waals surface area contributed by atoms with Crippen LogP contribution in [0.25, 0.3) is 0 Å². The molecule has 0 saturated heterocycles. The Kier molecular flexibility index (Phi) is 6.60. The second-order valence-electron chi connectivity index (χ2n) is 4.36. The first kappa shape index (κ1) is 15.2. The predicted molar refractivity (Wildman–Crippen MR) is 72.8 cm³/mol. The van der Waals surface area contributed by atoms with Crippen LogP contribution in [0.5, 0.6) is 0 Å². The van der Waals surface area contributed by atoms with E-state index in [-0.39, 0.29) is 12.3 Å². The molecule has 1 aromatic rings. The van der Waals surface area contributed by atoms with Crippen LogP contribution in [0.3, 0.4) is 0 Å². The van der Waals surface area contributed by atoms with Gasteiger partial charge in [-0.15, -0.1) is 0 Å². The number of amides is 1. The van der Waals surface area contributed by atoms with Gasteiger partial charge in [-0.05, 0) is 30.5 Å². The lowest BCUT2D eigenvalue weighted by Crippen LogP contribution is -2.24. The number of unbranched alkanes of at least 4 members (excludes halogenated alkanes) is 2. The molecule has 1 aromatic carbocycles. The number of nitrogens with one attached hydrogen (secondary N) is 1. The van der Waals surface area contributed by atoms with Crippen molar-refractivity contribution in [2.75, 3.05) is 6.54 Å². The molecule has 0 aromatic heterocycles. The first-order valence-electron chi connectivity index (χ1n) is 6.42. The van der Waals surface area contributed by atoms with E-state index in [1.54, 1.807) is 12.1 Å². The van der Waals surface area contributed by atoms with Crippen molar-refractivity contribution in [3.63, 3.8) is 0 Å². The van der Waals surface area contributed by atoms with Crippen LogP contribution in [-0.4, -0.2) is 23.5 Å². The molecule has 0 aliphatic heterocycles. The Morgan fingerprint density at radius 3 is 2.37 bits per heavy atom. The monoisotopic (exact) mass is 264 g/mol. The van der Waals surface area contributed by atoms with Crippen molar-refractivity contribution in [2.45, 2.75) is 32.2 Å². The summed E-state index contributed by atoms with van der Waals surface area (Å²) >= 11 is 0. The van der Waals surface area contributed by atoms with E-state index in [0.717, 1.165) is 18.4 Å². The summed E-state index contributed by atoms with van der Waals surface area (Å²) in [4.78, 5) is 22.0. The number of carbonyl (C=O) groups excluding carboxylic acids is 1. The van der Waals surface area contributed by atoms with E-state index >= 15 is 0 Å². The number of carbonyl (C=O) groups is 2. The molecule has 1 rings (SSSR count). The van der Waals surface area contributed by atoms with Gasteiger partial charge in [-0.1, -0.05) is 18.6 Å². The van der Waals surface area contributed by atoms with Crippen molar-refractivity contribution in [1.82, 2.24) is 5.32 Å². The maximum Gasteiger partial charge on any atom is 0.303 e. The zero-order chi connectivity index (χ0) is 14.1. The minimum atomic E-state index is -0.774. The molecule has 5 nitrogen and oxygen atoms in total. The van der Waals surface area contributed by atoms with Crippen LogP contribution in [0.1, 0.15) is 41.6 Å². The maximum atomic E-state index is 11.7. The van der Waals surface area contributed by atoms with E-state index in [4.69, 9.17) is 10.8 Å². The number of hydrogen-bond acceptors (Lipinski definition) is 3. The van der Waals surface area contributed by atoms with Crippen LogP contribution < -0.4 is 11.1 Å². The van der Waals surface area contributed by atoms with E-state index in [9.17, 15) is 9.59 Å². The number of hydrogen-bond donors (Lipinski definition) is 3. The van der Waals surface area contributed by atoms with Gasteiger partial charge in [0.25, 0.3) is 5.91 Å². The van der Waals surface area contributed by atoms with Gasteiger partial charge in [-0.2, -0.15) is 0 Å². The lowest BCUT2D eigenvalue weighted by molar-refractivity contribution is -0.137. The summed E-state index contributed by atoms with van der Waals surface area (Å²) in [6.45, 7) is 1.03. The summed E-state index contributed by atoms with van der Waals surface area (Å²) in [6, 6.07) is 7.17. The Labute approximate surface area is 112 Å². The molecule has 4 N–H and O–H groups in total. The maximum absolute atomic E-state index is 11.7. The first-order valence-corrected chi connectivity index (χ1v) is 6.42. The number of carboxylic acid groups (broad SMARTS) is 1. The topological polar surface area (TPSA) is 92.4 Å². The van der Waals surface area contributed by atoms with Gasteiger partial charge in [0.2, 0.25) is 0 Å².